The van der Waals surface area contributed by atoms with Crippen LogP contribution < -0.4 is 10.6 Å². The predicted octanol–water partition coefficient (Wildman–Crippen LogP) is 3.77. The molecule has 1 aromatic rings. The molecule has 0 saturated heterocycles. The summed E-state index contributed by atoms with van der Waals surface area (Å²) >= 11 is 0. The number of hydrogen-bond donors (Lipinski definition) is 2. The van der Waals surface area contributed by atoms with Crippen LogP contribution in [0.4, 0.5) is 18.9 Å². The molecule has 0 aromatic heterocycles. The summed E-state index contributed by atoms with van der Waals surface area (Å²) in [5, 5.41) is 4.60. The molecule has 0 radical (unpaired) electrons. The van der Waals surface area contributed by atoms with E-state index in [1.165, 1.54) is 19.3 Å². The topological polar surface area (TPSA) is 58.2 Å². The largest absolute Gasteiger partial charge is 0.471 e. The van der Waals surface area contributed by atoms with Crippen molar-refractivity contribution in [3.8, 4) is 0 Å². The molecule has 0 aliphatic heterocycles. The molecule has 24 heavy (non-hydrogen) atoms. The van der Waals surface area contributed by atoms with Gasteiger partial charge in [-0.05, 0) is 36.5 Å². The quantitative estimate of drug-likeness (QED) is 0.856. The number of rotatable bonds is 5. The Hall–Kier alpha value is -2.05. The molecule has 1 fully saturated rings. The van der Waals surface area contributed by atoms with E-state index < -0.39 is 12.1 Å². The standard InChI is InChI=1S/C17H21F3N2O2/c18-17(19,20)16(24)21-11-13-6-8-14(9-7-13)22-15(23)10-12-4-2-1-3-5-12/h6-9,12H,1-5,10-11H2,(H,21,24)(H,22,23). The second kappa shape index (κ2) is 8.17. The Morgan fingerprint density at radius 2 is 1.67 bits per heavy atom. The van der Waals surface area contributed by atoms with Crippen LogP contribution in [-0.2, 0) is 16.1 Å². The van der Waals surface area contributed by atoms with E-state index in [1.807, 2.05) is 0 Å². The highest BCUT2D eigenvalue weighted by Crippen LogP contribution is 2.26. The third-order valence-electron chi connectivity index (χ3n) is 4.15. The van der Waals surface area contributed by atoms with Gasteiger partial charge in [0.15, 0.2) is 0 Å². The number of amides is 2. The fourth-order valence-corrected chi connectivity index (χ4v) is 2.85. The summed E-state index contributed by atoms with van der Waals surface area (Å²) in [4.78, 5) is 22.7. The van der Waals surface area contributed by atoms with E-state index in [0.29, 0.717) is 23.6 Å². The highest BCUT2D eigenvalue weighted by Gasteiger charge is 2.38. The van der Waals surface area contributed by atoms with E-state index in [-0.39, 0.29) is 12.5 Å². The summed E-state index contributed by atoms with van der Waals surface area (Å²) in [6.45, 7) is -0.214. The lowest BCUT2D eigenvalue weighted by Gasteiger charge is -2.20. The molecule has 2 amide bonds. The number of benzene rings is 1. The van der Waals surface area contributed by atoms with Crippen LogP contribution in [0, 0.1) is 5.92 Å². The van der Waals surface area contributed by atoms with E-state index in [9.17, 15) is 22.8 Å². The van der Waals surface area contributed by atoms with Crippen LogP contribution in [0.2, 0.25) is 0 Å². The molecule has 1 saturated carbocycles. The van der Waals surface area contributed by atoms with Gasteiger partial charge in [-0.1, -0.05) is 31.4 Å². The van der Waals surface area contributed by atoms with Crippen molar-refractivity contribution in [1.29, 1.82) is 0 Å². The first-order chi connectivity index (χ1) is 11.3. The van der Waals surface area contributed by atoms with Crippen molar-refractivity contribution >= 4 is 17.5 Å². The zero-order valence-electron chi connectivity index (χ0n) is 13.3. The first-order valence-electron chi connectivity index (χ1n) is 8.08. The normalized spacial score (nSPS) is 15.8. The molecule has 0 spiro atoms. The minimum Gasteiger partial charge on any atom is -0.344 e. The molecule has 0 unspecified atom stereocenters. The molecular formula is C17H21F3N2O2. The molecule has 7 heteroatoms. The van der Waals surface area contributed by atoms with Crippen LogP contribution in [0.3, 0.4) is 0 Å². The molecule has 1 aromatic carbocycles. The van der Waals surface area contributed by atoms with Gasteiger partial charge in [0.2, 0.25) is 5.91 Å². The maximum absolute atomic E-state index is 12.1. The van der Waals surface area contributed by atoms with Gasteiger partial charge in [-0.15, -0.1) is 0 Å². The molecule has 2 rings (SSSR count). The van der Waals surface area contributed by atoms with E-state index >= 15 is 0 Å². The third-order valence-corrected chi connectivity index (χ3v) is 4.15. The third kappa shape index (κ3) is 5.86. The van der Waals surface area contributed by atoms with Crippen molar-refractivity contribution < 1.29 is 22.8 Å². The maximum Gasteiger partial charge on any atom is 0.471 e. The summed E-state index contributed by atoms with van der Waals surface area (Å²) < 4.78 is 36.3. The Morgan fingerprint density at radius 3 is 2.25 bits per heavy atom. The van der Waals surface area contributed by atoms with Crippen LogP contribution in [0.1, 0.15) is 44.1 Å². The van der Waals surface area contributed by atoms with E-state index in [0.717, 1.165) is 12.8 Å². The summed E-state index contributed by atoms with van der Waals surface area (Å²) in [5.41, 5.74) is 1.12. The van der Waals surface area contributed by atoms with Crippen LogP contribution >= 0.6 is 0 Å². The molecule has 132 valence electrons. The van der Waals surface area contributed by atoms with Crippen molar-refractivity contribution in [3.05, 3.63) is 29.8 Å². The average molecular weight is 342 g/mol. The SMILES string of the molecule is O=C(CC1CCCCC1)Nc1ccc(CNC(=O)C(F)(F)F)cc1. The van der Waals surface area contributed by atoms with Crippen LogP contribution in [0.5, 0.6) is 0 Å². The summed E-state index contributed by atoms with van der Waals surface area (Å²) in [7, 11) is 0. The zero-order chi connectivity index (χ0) is 17.6. The Morgan fingerprint density at radius 1 is 1.04 bits per heavy atom. The van der Waals surface area contributed by atoms with Crippen molar-refractivity contribution in [3.63, 3.8) is 0 Å². The summed E-state index contributed by atoms with van der Waals surface area (Å²) in [6.07, 6.45) is 1.39. The Balaban J connectivity index is 1.79. The highest BCUT2D eigenvalue weighted by molar-refractivity contribution is 5.90. The van der Waals surface area contributed by atoms with Gasteiger partial charge < -0.3 is 10.6 Å². The highest BCUT2D eigenvalue weighted by atomic mass is 19.4. The van der Waals surface area contributed by atoms with Gasteiger partial charge in [0.25, 0.3) is 0 Å². The molecule has 0 heterocycles. The molecule has 0 bridgehead atoms. The van der Waals surface area contributed by atoms with Gasteiger partial charge in [-0.2, -0.15) is 13.2 Å². The molecule has 4 nitrogen and oxygen atoms in total. The molecule has 1 aliphatic carbocycles. The van der Waals surface area contributed by atoms with Gasteiger partial charge in [0.05, 0.1) is 0 Å². The van der Waals surface area contributed by atoms with Crippen molar-refractivity contribution in [2.75, 3.05) is 5.32 Å². The lowest BCUT2D eigenvalue weighted by molar-refractivity contribution is -0.173. The van der Waals surface area contributed by atoms with Crippen molar-refractivity contribution in [2.24, 2.45) is 5.92 Å². The minimum atomic E-state index is -4.88. The van der Waals surface area contributed by atoms with Gasteiger partial charge in [-0.25, -0.2) is 0 Å². The Bertz CT molecular complexity index is 564. The van der Waals surface area contributed by atoms with Gasteiger partial charge in [-0.3, -0.25) is 9.59 Å². The van der Waals surface area contributed by atoms with Gasteiger partial charge >= 0.3 is 12.1 Å². The van der Waals surface area contributed by atoms with E-state index in [2.05, 4.69) is 5.32 Å². The van der Waals surface area contributed by atoms with Gasteiger partial charge in [0, 0.05) is 18.7 Å². The fourth-order valence-electron chi connectivity index (χ4n) is 2.85. The lowest BCUT2D eigenvalue weighted by atomic mass is 9.87. The van der Waals surface area contributed by atoms with E-state index in [4.69, 9.17) is 0 Å². The van der Waals surface area contributed by atoms with Crippen molar-refractivity contribution in [1.82, 2.24) is 5.32 Å². The molecular weight excluding hydrogens is 321 g/mol. The van der Waals surface area contributed by atoms with E-state index in [1.54, 1.807) is 29.6 Å². The second-order valence-corrected chi connectivity index (χ2v) is 6.13. The minimum absolute atomic E-state index is 0.0416. The number of carbonyl (C=O) groups excluding carboxylic acids is 2. The number of anilines is 1. The maximum atomic E-state index is 12.1. The second-order valence-electron chi connectivity index (χ2n) is 6.13. The number of nitrogens with one attached hydrogen (secondary N) is 2. The number of hydrogen-bond acceptors (Lipinski definition) is 2. The monoisotopic (exact) mass is 342 g/mol. The number of halogens is 3. The van der Waals surface area contributed by atoms with Gasteiger partial charge in [0.1, 0.15) is 0 Å². The van der Waals surface area contributed by atoms with Crippen molar-refractivity contribution in [2.45, 2.75) is 51.2 Å². The van der Waals surface area contributed by atoms with Crippen LogP contribution in [0.25, 0.3) is 0 Å². The Labute approximate surface area is 138 Å². The molecule has 0 atom stereocenters. The molecule has 1 aliphatic rings. The number of alkyl halides is 3. The predicted molar refractivity (Wildman–Crippen MR) is 84.2 cm³/mol. The zero-order valence-corrected chi connectivity index (χ0v) is 13.3. The van der Waals surface area contributed by atoms with Crippen LogP contribution in [0.15, 0.2) is 24.3 Å². The fraction of sp³-hybridized carbons (Fsp3) is 0.529. The average Bonchev–Trinajstić information content (AvgIpc) is 2.54. The summed E-state index contributed by atoms with van der Waals surface area (Å²) in [5.74, 6) is -1.57. The number of carbonyl (C=O) groups is 2. The molecule has 2 N–H and O–H groups in total. The Kier molecular flexibility index (Phi) is 6.23. The first-order valence-corrected chi connectivity index (χ1v) is 8.08. The smallest absolute Gasteiger partial charge is 0.344 e. The summed E-state index contributed by atoms with van der Waals surface area (Å²) in [6, 6.07) is 6.39. The first kappa shape index (κ1) is 18.3. The lowest BCUT2D eigenvalue weighted by Crippen LogP contribution is -2.36. The van der Waals surface area contributed by atoms with Crippen LogP contribution in [-0.4, -0.2) is 18.0 Å².